The molecule has 0 saturated carbocycles. The zero-order chi connectivity index (χ0) is 24.7. The van der Waals surface area contributed by atoms with Gasteiger partial charge in [0.2, 0.25) is 10.0 Å². The van der Waals surface area contributed by atoms with E-state index >= 15 is 0 Å². The molecule has 180 valence electrons. The van der Waals surface area contributed by atoms with Crippen molar-refractivity contribution in [1.82, 2.24) is 8.87 Å². The Morgan fingerprint density at radius 2 is 1.71 bits per heavy atom. The molecule has 3 aromatic carbocycles. The van der Waals surface area contributed by atoms with E-state index in [0.717, 1.165) is 44.4 Å². The Labute approximate surface area is 206 Å². The maximum absolute atomic E-state index is 13.8. The van der Waals surface area contributed by atoms with E-state index < -0.39 is 10.0 Å². The molecule has 0 aliphatic carbocycles. The molecule has 35 heavy (non-hydrogen) atoms. The molecule has 1 aliphatic heterocycles. The Kier molecular flexibility index (Phi) is 6.11. The molecular weight excluding hydrogens is 459 g/mol. The van der Waals surface area contributed by atoms with Gasteiger partial charge in [-0.25, -0.2) is 12.8 Å². The number of benzene rings is 3. The van der Waals surface area contributed by atoms with Crippen LogP contribution in [0.3, 0.4) is 0 Å². The lowest BCUT2D eigenvalue weighted by Crippen LogP contribution is -2.34. The number of hydrogen-bond acceptors (Lipinski definition) is 2. The largest absolute Gasteiger partial charge is 0.340 e. The average Bonchev–Trinajstić information content (AvgIpc) is 3.12. The number of para-hydroxylation sites is 1. The minimum absolute atomic E-state index is 0.239. The van der Waals surface area contributed by atoms with Crippen LogP contribution in [-0.2, 0) is 16.6 Å². The molecule has 1 aliphatic rings. The van der Waals surface area contributed by atoms with Gasteiger partial charge in [0.1, 0.15) is 5.82 Å². The first-order chi connectivity index (χ1) is 16.8. The summed E-state index contributed by atoms with van der Waals surface area (Å²) in [5.74, 6) is -0.239. The van der Waals surface area contributed by atoms with Gasteiger partial charge in [-0.1, -0.05) is 42.5 Å². The van der Waals surface area contributed by atoms with E-state index in [1.165, 1.54) is 6.07 Å². The predicted octanol–water partition coefficient (Wildman–Crippen LogP) is 6.23. The highest BCUT2D eigenvalue weighted by Gasteiger charge is 2.28. The first-order valence-corrected chi connectivity index (χ1v) is 13.3. The third-order valence-corrected chi connectivity index (χ3v) is 8.93. The molecular formula is C29H29FN2O2S. The predicted molar refractivity (Wildman–Crippen MR) is 139 cm³/mol. The fraction of sp³-hybridized carbons (Fsp3) is 0.241. The summed E-state index contributed by atoms with van der Waals surface area (Å²) in [6, 6.07) is 20.3. The summed E-state index contributed by atoms with van der Waals surface area (Å²) in [7, 11) is -3.55. The minimum atomic E-state index is -3.55. The molecule has 0 N–H and O–H groups in total. The maximum Gasteiger partial charge on any atom is 0.243 e. The van der Waals surface area contributed by atoms with Crippen molar-refractivity contribution in [2.75, 3.05) is 13.1 Å². The van der Waals surface area contributed by atoms with Crippen LogP contribution in [0.4, 0.5) is 4.39 Å². The van der Waals surface area contributed by atoms with Crippen LogP contribution >= 0.6 is 0 Å². The molecule has 5 rings (SSSR count). The molecule has 0 radical (unpaired) electrons. The van der Waals surface area contributed by atoms with Crippen LogP contribution in [0.5, 0.6) is 0 Å². The first-order valence-electron chi connectivity index (χ1n) is 11.8. The monoisotopic (exact) mass is 488 g/mol. The third kappa shape index (κ3) is 4.32. The summed E-state index contributed by atoms with van der Waals surface area (Å²) in [6.07, 6.45) is 2.68. The van der Waals surface area contributed by atoms with Gasteiger partial charge in [-0.15, -0.1) is 0 Å². The number of hydrogen-bond donors (Lipinski definition) is 0. The SMILES string of the molecule is Cc1ccc(S(=O)(=O)N2CC=C(c3c(C)n(Cc4cccc(F)c4)c4ccccc34)CC2)cc1C. The third-order valence-electron chi connectivity index (χ3n) is 7.07. The Morgan fingerprint density at radius 3 is 2.43 bits per heavy atom. The van der Waals surface area contributed by atoms with E-state index in [1.54, 1.807) is 28.6 Å². The average molecular weight is 489 g/mol. The normalized spacial score (nSPS) is 14.9. The Bertz CT molecular complexity index is 1570. The van der Waals surface area contributed by atoms with E-state index in [2.05, 4.69) is 23.6 Å². The Balaban J connectivity index is 1.49. The van der Waals surface area contributed by atoms with Crippen molar-refractivity contribution in [2.45, 2.75) is 38.6 Å². The Hall–Kier alpha value is -3.22. The van der Waals surface area contributed by atoms with Crippen molar-refractivity contribution < 1.29 is 12.8 Å². The van der Waals surface area contributed by atoms with Crippen LogP contribution < -0.4 is 0 Å². The molecule has 0 fully saturated rings. The highest BCUT2D eigenvalue weighted by atomic mass is 32.2. The van der Waals surface area contributed by atoms with E-state index in [4.69, 9.17) is 0 Å². The summed E-state index contributed by atoms with van der Waals surface area (Å²) in [6.45, 7) is 7.36. The van der Waals surface area contributed by atoms with Crippen molar-refractivity contribution in [2.24, 2.45) is 0 Å². The van der Waals surface area contributed by atoms with Crippen molar-refractivity contribution in [1.29, 1.82) is 0 Å². The number of nitrogens with zero attached hydrogens (tertiary/aromatic N) is 2. The molecule has 6 heteroatoms. The van der Waals surface area contributed by atoms with Gasteiger partial charge in [-0.3, -0.25) is 0 Å². The Morgan fingerprint density at radius 1 is 0.914 bits per heavy atom. The molecule has 1 aromatic heterocycles. The number of aromatic nitrogens is 1. The second kappa shape index (κ2) is 9.10. The van der Waals surface area contributed by atoms with E-state index in [1.807, 2.05) is 44.2 Å². The minimum Gasteiger partial charge on any atom is -0.340 e. The van der Waals surface area contributed by atoms with Gasteiger partial charge >= 0.3 is 0 Å². The van der Waals surface area contributed by atoms with Gasteiger partial charge in [0.05, 0.1) is 4.90 Å². The van der Waals surface area contributed by atoms with Gasteiger partial charge in [0.25, 0.3) is 0 Å². The molecule has 0 amide bonds. The lowest BCUT2D eigenvalue weighted by molar-refractivity contribution is 0.441. The van der Waals surface area contributed by atoms with Crippen molar-refractivity contribution >= 4 is 26.5 Å². The lowest BCUT2D eigenvalue weighted by Gasteiger charge is -2.26. The van der Waals surface area contributed by atoms with Crippen LogP contribution in [0.2, 0.25) is 0 Å². The second-order valence-electron chi connectivity index (χ2n) is 9.28. The van der Waals surface area contributed by atoms with Crippen molar-refractivity contribution in [3.05, 3.63) is 107 Å². The van der Waals surface area contributed by atoms with Crippen LogP contribution in [0, 0.1) is 26.6 Å². The fourth-order valence-electron chi connectivity index (χ4n) is 4.98. The fourth-order valence-corrected chi connectivity index (χ4v) is 6.44. The maximum atomic E-state index is 13.8. The van der Waals surface area contributed by atoms with E-state index in [0.29, 0.717) is 31.0 Å². The topological polar surface area (TPSA) is 42.3 Å². The van der Waals surface area contributed by atoms with Crippen LogP contribution in [0.25, 0.3) is 16.5 Å². The molecule has 4 aromatic rings. The van der Waals surface area contributed by atoms with Gasteiger partial charge in [-0.2, -0.15) is 4.31 Å². The summed E-state index contributed by atoms with van der Waals surface area (Å²) in [4.78, 5) is 0.348. The smallest absolute Gasteiger partial charge is 0.243 e. The van der Waals surface area contributed by atoms with Crippen LogP contribution in [-0.4, -0.2) is 30.4 Å². The summed E-state index contributed by atoms with van der Waals surface area (Å²) in [5, 5.41) is 1.14. The molecule has 0 spiro atoms. The van der Waals surface area contributed by atoms with Crippen molar-refractivity contribution in [3.8, 4) is 0 Å². The van der Waals surface area contributed by atoms with Gasteiger partial charge in [0, 0.05) is 41.8 Å². The number of halogens is 1. The number of rotatable bonds is 5. The summed E-state index contributed by atoms with van der Waals surface area (Å²) >= 11 is 0. The second-order valence-corrected chi connectivity index (χ2v) is 11.2. The number of sulfonamides is 1. The van der Waals surface area contributed by atoms with Gasteiger partial charge in [0.15, 0.2) is 0 Å². The van der Waals surface area contributed by atoms with Crippen LogP contribution in [0.1, 0.15) is 34.4 Å². The zero-order valence-corrected chi connectivity index (χ0v) is 21.1. The molecule has 0 atom stereocenters. The highest BCUT2D eigenvalue weighted by molar-refractivity contribution is 7.89. The lowest BCUT2D eigenvalue weighted by atomic mass is 9.97. The number of fused-ring (bicyclic) bond motifs is 1. The zero-order valence-electron chi connectivity index (χ0n) is 20.3. The van der Waals surface area contributed by atoms with Gasteiger partial charge in [-0.05, 0) is 79.8 Å². The highest BCUT2D eigenvalue weighted by Crippen LogP contribution is 2.36. The summed E-state index contributed by atoms with van der Waals surface area (Å²) in [5.41, 5.74) is 7.46. The number of aryl methyl sites for hydroxylation is 2. The standard InChI is InChI=1S/C29H29FN2O2S/c1-20-11-12-26(17-21(20)2)35(33,34)31-15-13-24(14-16-31)29-22(3)32(28-10-5-4-9-27(28)29)19-23-7-6-8-25(30)18-23/h4-13,17-18H,14-16,19H2,1-3H3. The van der Waals surface area contributed by atoms with Crippen LogP contribution in [0.15, 0.2) is 77.7 Å². The van der Waals surface area contributed by atoms with Gasteiger partial charge < -0.3 is 4.57 Å². The molecule has 0 saturated heterocycles. The summed E-state index contributed by atoms with van der Waals surface area (Å²) < 4.78 is 44.1. The first kappa shape index (κ1) is 23.5. The quantitative estimate of drug-likeness (QED) is 0.334. The molecule has 0 unspecified atom stereocenters. The molecule has 0 bridgehead atoms. The van der Waals surface area contributed by atoms with E-state index in [9.17, 15) is 12.8 Å². The molecule has 2 heterocycles. The van der Waals surface area contributed by atoms with Crippen molar-refractivity contribution in [3.63, 3.8) is 0 Å². The molecule has 4 nitrogen and oxygen atoms in total. The van der Waals surface area contributed by atoms with E-state index in [-0.39, 0.29) is 5.82 Å².